The van der Waals surface area contributed by atoms with Crippen LogP contribution in [0.5, 0.6) is 0 Å². The minimum absolute atomic E-state index is 0.393. The van der Waals surface area contributed by atoms with Crippen molar-refractivity contribution in [2.75, 3.05) is 7.05 Å². The van der Waals surface area contributed by atoms with Crippen molar-refractivity contribution < 1.29 is 9.59 Å². The highest BCUT2D eigenvalue weighted by Gasteiger charge is 2.18. The van der Waals surface area contributed by atoms with Crippen molar-refractivity contribution in [3.8, 4) is 0 Å². The fraction of sp³-hybridized carbons (Fsp3) is 0.333. The fourth-order valence-electron chi connectivity index (χ4n) is 1.43. The Morgan fingerprint density at radius 2 is 1.94 bits per heavy atom. The Bertz CT molecular complexity index is 392. The third-order valence-electron chi connectivity index (χ3n) is 2.56. The van der Waals surface area contributed by atoms with E-state index in [0.29, 0.717) is 6.54 Å². The van der Waals surface area contributed by atoms with Crippen molar-refractivity contribution in [3.63, 3.8) is 0 Å². The van der Waals surface area contributed by atoms with E-state index in [1.54, 1.807) is 6.92 Å². The first-order chi connectivity index (χ1) is 8.00. The number of benzene rings is 1. The Labute approximate surface area is 101 Å². The standard InChI is InChI=1S/C12H17N3O2/c1-9(11(16)14-12(13)17)15(2)8-10-6-4-3-5-7-10/h3-7,9H,8H2,1-2H3,(H3,13,14,16,17)/t9-/m0/s1. The van der Waals surface area contributed by atoms with Gasteiger partial charge in [-0.3, -0.25) is 15.0 Å². The average molecular weight is 235 g/mol. The van der Waals surface area contributed by atoms with E-state index >= 15 is 0 Å². The number of primary amides is 1. The highest BCUT2D eigenvalue weighted by molar-refractivity contribution is 5.96. The number of imide groups is 1. The van der Waals surface area contributed by atoms with Crippen molar-refractivity contribution >= 4 is 11.9 Å². The second-order valence-corrected chi connectivity index (χ2v) is 3.93. The van der Waals surface area contributed by atoms with Crippen molar-refractivity contribution in [1.82, 2.24) is 10.2 Å². The first-order valence-electron chi connectivity index (χ1n) is 5.35. The lowest BCUT2D eigenvalue weighted by atomic mass is 10.2. The molecule has 0 heterocycles. The summed E-state index contributed by atoms with van der Waals surface area (Å²) < 4.78 is 0. The van der Waals surface area contributed by atoms with E-state index in [1.165, 1.54) is 0 Å². The van der Waals surface area contributed by atoms with E-state index in [0.717, 1.165) is 5.56 Å². The third kappa shape index (κ3) is 4.24. The predicted octanol–water partition coefficient (Wildman–Crippen LogP) is 0.702. The van der Waals surface area contributed by atoms with Gasteiger partial charge in [0.2, 0.25) is 5.91 Å². The average Bonchev–Trinajstić information content (AvgIpc) is 2.28. The number of hydrogen-bond donors (Lipinski definition) is 2. The van der Waals surface area contributed by atoms with Crippen molar-refractivity contribution in [3.05, 3.63) is 35.9 Å². The molecule has 0 unspecified atom stereocenters. The molecule has 0 aliphatic heterocycles. The summed E-state index contributed by atoms with van der Waals surface area (Å²) >= 11 is 0. The maximum Gasteiger partial charge on any atom is 0.318 e. The molecule has 17 heavy (non-hydrogen) atoms. The molecule has 0 aliphatic carbocycles. The molecule has 1 rings (SSSR count). The molecule has 1 atom stereocenters. The normalized spacial score (nSPS) is 12.2. The largest absolute Gasteiger partial charge is 0.351 e. The van der Waals surface area contributed by atoms with Crippen LogP contribution in [0.2, 0.25) is 0 Å². The van der Waals surface area contributed by atoms with Gasteiger partial charge in [-0.2, -0.15) is 0 Å². The van der Waals surface area contributed by atoms with E-state index in [-0.39, 0.29) is 0 Å². The Morgan fingerprint density at radius 3 is 2.47 bits per heavy atom. The monoisotopic (exact) mass is 235 g/mol. The molecule has 5 nitrogen and oxygen atoms in total. The fourth-order valence-corrected chi connectivity index (χ4v) is 1.43. The molecule has 0 spiro atoms. The van der Waals surface area contributed by atoms with Gasteiger partial charge in [0.25, 0.3) is 0 Å². The number of nitrogens with zero attached hydrogens (tertiary/aromatic N) is 1. The first kappa shape index (κ1) is 13.2. The molecule has 1 aromatic rings. The molecule has 1 aromatic carbocycles. The summed E-state index contributed by atoms with van der Waals surface area (Å²) in [5, 5.41) is 2.07. The van der Waals surface area contributed by atoms with E-state index in [2.05, 4.69) is 5.32 Å². The number of carbonyl (C=O) groups is 2. The lowest BCUT2D eigenvalue weighted by molar-refractivity contribution is -0.124. The number of urea groups is 1. The molecule has 0 saturated carbocycles. The number of hydrogen-bond acceptors (Lipinski definition) is 3. The van der Waals surface area contributed by atoms with Crippen LogP contribution < -0.4 is 11.1 Å². The zero-order valence-corrected chi connectivity index (χ0v) is 10.0. The van der Waals surface area contributed by atoms with Gasteiger partial charge in [0.15, 0.2) is 0 Å². The zero-order chi connectivity index (χ0) is 12.8. The van der Waals surface area contributed by atoms with Crippen molar-refractivity contribution in [2.24, 2.45) is 5.73 Å². The number of likely N-dealkylation sites (N-methyl/N-ethyl adjacent to an activating group) is 1. The number of carbonyl (C=O) groups excluding carboxylic acids is 2. The SMILES string of the molecule is C[C@@H](C(=O)NC(N)=O)N(C)Cc1ccccc1. The van der Waals surface area contributed by atoms with E-state index in [9.17, 15) is 9.59 Å². The Balaban J connectivity index is 2.55. The maximum atomic E-state index is 11.5. The predicted molar refractivity (Wildman–Crippen MR) is 65.1 cm³/mol. The van der Waals surface area contributed by atoms with Crippen molar-refractivity contribution in [1.29, 1.82) is 0 Å². The number of nitrogens with one attached hydrogen (secondary N) is 1. The maximum absolute atomic E-state index is 11.5. The molecule has 0 fully saturated rings. The highest BCUT2D eigenvalue weighted by atomic mass is 16.2. The molecule has 3 N–H and O–H groups in total. The quantitative estimate of drug-likeness (QED) is 0.806. The van der Waals surface area contributed by atoms with Gasteiger partial charge in [0.05, 0.1) is 6.04 Å². The number of amides is 3. The molecular formula is C12H17N3O2. The van der Waals surface area contributed by atoms with Crippen LogP contribution in [0.4, 0.5) is 4.79 Å². The summed E-state index contributed by atoms with van der Waals surface area (Å²) in [4.78, 5) is 23.9. The minimum Gasteiger partial charge on any atom is -0.351 e. The number of nitrogens with two attached hydrogens (primary N) is 1. The van der Waals surface area contributed by atoms with E-state index in [1.807, 2.05) is 42.3 Å². The van der Waals surface area contributed by atoms with Crippen LogP contribution in [0.3, 0.4) is 0 Å². The lowest BCUT2D eigenvalue weighted by Crippen LogP contribution is -2.46. The Morgan fingerprint density at radius 1 is 1.35 bits per heavy atom. The topological polar surface area (TPSA) is 75.4 Å². The van der Waals surface area contributed by atoms with Gasteiger partial charge >= 0.3 is 6.03 Å². The zero-order valence-electron chi connectivity index (χ0n) is 10.0. The molecular weight excluding hydrogens is 218 g/mol. The summed E-state index contributed by atoms with van der Waals surface area (Å²) in [6.45, 7) is 2.36. The Kier molecular flexibility index (Phi) is 4.66. The van der Waals surface area contributed by atoms with E-state index in [4.69, 9.17) is 5.73 Å². The van der Waals surface area contributed by atoms with Gasteiger partial charge in [0.1, 0.15) is 0 Å². The van der Waals surface area contributed by atoms with E-state index < -0.39 is 18.0 Å². The van der Waals surface area contributed by atoms with Gasteiger partial charge in [-0.25, -0.2) is 4.79 Å². The molecule has 5 heteroatoms. The summed E-state index contributed by atoms with van der Waals surface area (Å²) in [7, 11) is 1.82. The van der Waals surface area contributed by atoms with Crippen LogP contribution in [-0.4, -0.2) is 29.9 Å². The highest BCUT2D eigenvalue weighted by Crippen LogP contribution is 2.05. The van der Waals surface area contributed by atoms with Crippen molar-refractivity contribution in [2.45, 2.75) is 19.5 Å². The molecule has 0 saturated heterocycles. The first-order valence-corrected chi connectivity index (χ1v) is 5.35. The summed E-state index contributed by atoms with van der Waals surface area (Å²) in [6.07, 6.45) is 0. The van der Waals surface area contributed by atoms with Gasteiger partial charge in [0, 0.05) is 6.54 Å². The van der Waals surface area contributed by atoms with Gasteiger partial charge < -0.3 is 5.73 Å². The lowest BCUT2D eigenvalue weighted by Gasteiger charge is -2.23. The van der Waals surface area contributed by atoms with Gasteiger partial charge in [-0.05, 0) is 19.5 Å². The van der Waals surface area contributed by atoms with Crippen LogP contribution in [-0.2, 0) is 11.3 Å². The smallest absolute Gasteiger partial charge is 0.318 e. The van der Waals surface area contributed by atoms with Crippen LogP contribution in [0, 0.1) is 0 Å². The molecule has 0 aliphatic rings. The van der Waals surface area contributed by atoms with Gasteiger partial charge in [-0.1, -0.05) is 30.3 Å². The second-order valence-electron chi connectivity index (χ2n) is 3.93. The molecule has 0 bridgehead atoms. The van der Waals surface area contributed by atoms with Crippen LogP contribution in [0.1, 0.15) is 12.5 Å². The Hall–Kier alpha value is -1.88. The van der Waals surface area contributed by atoms with Crippen LogP contribution >= 0.6 is 0 Å². The van der Waals surface area contributed by atoms with Crippen LogP contribution in [0.25, 0.3) is 0 Å². The minimum atomic E-state index is -0.824. The molecule has 0 aromatic heterocycles. The summed E-state index contributed by atoms with van der Waals surface area (Å²) in [6, 6.07) is 8.55. The second kappa shape index (κ2) is 6.00. The molecule has 0 radical (unpaired) electrons. The van der Waals surface area contributed by atoms with Gasteiger partial charge in [-0.15, -0.1) is 0 Å². The molecule has 92 valence electrons. The van der Waals surface area contributed by atoms with Crippen LogP contribution in [0.15, 0.2) is 30.3 Å². The molecule has 3 amide bonds. The summed E-state index contributed by atoms with van der Waals surface area (Å²) in [5.41, 5.74) is 6.00. The summed E-state index contributed by atoms with van der Waals surface area (Å²) in [5.74, 6) is -0.393. The third-order valence-corrected chi connectivity index (χ3v) is 2.56. The number of rotatable bonds is 4.